The van der Waals surface area contributed by atoms with Gasteiger partial charge in [-0.3, -0.25) is 4.79 Å². The maximum Gasteiger partial charge on any atom is 0.305 e. The van der Waals surface area contributed by atoms with E-state index in [1.807, 2.05) is 0 Å². The molecule has 5 fully saturated rings. The predicted molar refractivity (Wildman–Crippen MR) is 114 cm³/mol. The Kier molecular flexibility index (Phi) is 4.89. The molecule has 9 atom stereocenters. The van der Waals surface area contributed by atoms with E-state index in [9.17, 15) is 4.79 Å². The number of rotatable bonds is 4. The summed E-state index contributed by atoms with van der Waals surface area (Å²) in [5.41, 5.74) is 1.37. The molecule has 0 aromatic carbocycles. The number of hydrogen-bond donors (Lipinski definition) is 0. The van der Waals surface area contributed by atoms with Crippen molar-refractivity contribution in [1.29, 1.82) is 0 Å². The molecule has 5 aliphatic rings. The van der Waals surface area contributed by atoms with Crippen LogP contribution in [0.25, 0.3) is 0 Å². The van der Waals surface area contributed by atoms with E-state index in [2.05, 4.69) is 20.8 Å². The van der Waals surface area contributed by atoms with Crippen LogP contribution in [0.5, 0.6) is 0 Å². The quantitative estimate of drug-likeness (QED) is 0.427. The van der Waals surface area contributed by atoms with Gasteiger partial charge in [0, 0.05) is 6.42 Å². The van der Waals surface area contributed by atoms with E-state index >= 15 is 0 Å². The van der Waals surface area contributed by atoms with Gasteiger partial charge in [-0.15, -0.1) is 0 Å². The van der Waals surface area contributed by atoms with Crippen molar-refractivity contribution >= 4 is 5.97 Å². The molecule has 4 saturated carbocycles. The predicted octanol–water partition coefficient (Wildman–Crippen LogP) is 6.00. The number of carbonyl (C=O) groups excluding carboxylic acids is 1. The molecular formula is C26H42O3. The molecule has 29 heavy (non-hydrogen) atoms. The van der Waals surface area contributed by atoms with Crippen molar-refractivity contribution < 1.29 is 14.3 Å². The molecule has 0 N–H and O–H groups in total. The third kappa shape index (κ3) is 3.12. The van der Waals surface area contributed by atoms with Crippen molar-refractivity contribution in [2.75, 3.05) is 13.7 Å². The number of methoxy groups -OCH3 is 1. The Bertz CT molecular complexity index is 654. The molecule has 3 heteroatoms. The fourth-order valence-corrected chi connectivity index (χ4v) is 9.30. The first kappa shape index (κ1) is 20.3. The van der Waals surface area contributed by atoms with Crippen molar-refractivity contribution in [3.63, 3.8) is 0 Å². The van der Waals surface area contributed by atoms with Gasteiger partial charge in [0.15, 0.2) is 0 Å². The summed E-state index contributed by atoms with van der Waals surface area (Å²) in [5.74, 6) is 5.09. The van der Waals surface area contributed by atoms with Gasteiger partial charge >= 0.3 is 5.97 Å². The Morgan fingerprint density at radius 3 is 2.52 bits per heavy atom. The van der Waals surface area contributed by atoms with Gasteiger partial charge in [0.25, 0.3) is 0 Å². The molecule has 0 amide bonds. The Balaban J connectivity index is 1.30. The van der Waals surface area contributed by atoms with Crippen LogP contribution in [0.1, 0.15) is 91.4 Å². The molecular weight excluding hydrogens is 360 g/mol. The molecule has 1 aliphatic heterocycles. The molecule has 0 unspecified atom stereocenters. The lowest BCUT2D eigenvalue weighted by atomic mass is 9.44. The molecule has 1 heterocycles. The summed E-state index contributed by atoms with van der Waals surface area (Å²) >= 11 is 0. The molecule has 0 aromatic rings. The lowest BCUT2D eigenvalue weighted by molar-refractivity contribution is -0.141. The first-order valence-corrected chi connectivity index (χ1v) is 12.5. The third-order valence-electron chi connectivity index (χ3n) is 11.1. The fraction of sp³-hybridized carbons (Fsp3) is 0.962. The van der Waals surface area contributed by atoms with E-state index in [1.165, 1.54) is 64.9 Å². The summed E-state index contributed by atoms with van der Waals surface area (Å²) in [6.07, 6.45) is 14.2. The highest BCUT2D eigenvalue weighted by Crippen LogP contribution is 2.69. The summed E-state index contributed by atoms with van der Waals surface area (Å²) in [4.78, 5) is 11.7. The zero-order valence-corrected chi connectivity index (χ0v) is 19.2. The standard InChI is InChI=1S/C26H42O3/c1-17(5-10-23(27)28-4)20-8-9-21-19-7-6-18-15-26(16-29-26)14-13-24(18,2)22(19)11-12-25(20,21)3/h17-22H,5-16H2,1-4H3/t17-,18+,19-,20+,21-,22-,24-,25+,26-/m0/s1. The summed E-state index contributed by atoms with van der Waals surface area (Å²) in [5, 5.41) is 0. The minimum Gasteiger partial charge on any atom is -0.469 e. The van der Waals surface area contributed by atoms with Crippen LogP contribution < -0.4 is 0 Å². The van der Waals surface area contributed by atoms with Crippen LogP contribution >= 0.6 is 0 Å². The number of hydrogen-bond acceptors (Lipinski definition) is 3. The molecule has 1 saturated heterocycles. The smallest absolute Gasteiger partial charge is 0.305 e. The van der Waals surface area contributed by atoms with Gasteiger partial charge in [-0.05, 0) is 111 Å². The van der Waals surface area contributed by atoms with Gasteiger partial charge in [-0.1, -0.05) is 20.8 Å². The van der Waals surface area contributed by atoms with Gasteiger partial charge in [0.1, 0.15) is 0 Å². The molecule has 0 aromatic heterocycles. The van der Waals surface area contributed by atoms with Gasteiger partial charge in [0.05, 0.1) is 19.3 Å². The first-order valence-electron chi connectivity index (χ1n) is 12.5. The van der Waals surface area contributed by atoms with Gasteiger partial charge in [0.2, 0.25) is 0 Å². The lowest BCUT2D eigenvalue weighted by Crippen LogP contribution is -2.54. The monoisotopic (exact) mass is 402 g/mol. The van der Waals surface area contributed by atoms with E-state index in [4.69, 9.17) is 9.47 Å². The highest BCUT2D eigenvalue weighted by atomic mass is 16.6. The number of esters is 1. The van der Waals surface area contributed by atoms with Crippen LogP contribution in [0.2, 0.25) is 0 Å². The van der Waals surface area contributed by atoms with E-state index in [0.29, 0.717) is 28.8 Å². The Morgan fingerprint density at radius 2 is 1.79 bits per heavy atom. The Hall–Kier alpha value is -0.570. The van der Waals surface area contributed by atoms with E-state index in [1.54, 1.807) is 0 Å². The maximum absolute atomic E-state index is 11.7. The second-order valence-electron chi connectivity index (χ2n) is 12.2. The zero-order chi connectivity index (χ0) is 20.4. The van der Waals surface area contributed by atoms with E-state index in [-0.39, 0.29) is 5.97 Å². The number of fused-ring (bicyclic) bond motifs is 5. The van der Waals surface area contributed by atoms with Crippen molar-refractivity contribution in [1.82, 2.24) is 0 Å². The normalized spacial score (nSPS) is 51.7. The average Bonchev–Trinajstić information content (AvgIpc) is 3.37. The van der Waals surface area contributed by atoms with Crippen molar-refractivity contribution in [3.8, 4) is 0 Å². The van der Waals surface area contributed by atoms with E-state index in [0.717, 1.165) is 42.6 Å². The van der Waals surface area contributed by atoms with Crippen molar-refractivity contribution in [3.05, 3.63) is 0 Å². The van der Waals surface area contributed by atoms with Crippen LogP contribution in [0, 0.1) is 46.3 Å². The SMILES string of the molecule is COC(=O)CC[C@H](C)[C@H]1CC[C@H]2[C@@H]3CC[C@@H]4C[C@@]5(CC[C@]4(C)[C@H]3CC[C@]12C)CO5. The maximum atomic E-state index is 11.7. The molecule has 4 aliphatic carbocycles. The van der Waals surface area contributed by atoms with Crippen LogP contribution in [-0.2, 0) is 14.3 Å². The zero-order valence-electron chi connectivity index (χ0n) is 19.2. The molecule has 3 nitrogen and oxygen atoms in total. The molecule has 164 valence electrons. The second kappa shape index (κ2) is 6.97. The minimum absolute atomic E-state index is 0.0405. The van der Waals surface area contributed by atoms with Gasteiger partial charge in [-0.2, -0.15) is 0 Å². The Labute approximate surface area is 177 Å². The van der Waals surface area contributed by atoms with Crippen LogP contribution in [0.3, 0.4) is 0 Å². The topological polar surface area (TPSA) is 38.8 Å². The van der Waals surface area contributed by atoms with Crippen LogP contribution in [0.4, 0.5) is 0 Å². The van der Waals surface area contributed by atoms with Crippen LogP contribution in [-0.4, -0.2) is 25.3 Å². The van der Waals surface area contributed by atoms with E-state index < -0.39 is 0 Å². The fourth-order valence-electron chi connectivity index (χ4n) is 9.30. The first-order chi connectivity index (χ1) is 13.8. The molecule has 0 bridgehead atoms. The lowest BCUT2D eigenvalue weighted by Gasteiger charge is -2.61. The molecule has 1 spiro atoms. The number of carbonyl (C=O) groups is 1. The van der Waals surface area contributed by atoms with Crippen molar-refractivity contribution in [2.24, 2.45) is 46.3 Å². The Morgan fingerprint density at radius 1 is 1.03 bits per heavy atom. The largest absolute Gasteiger partial charge is 0.469 e. The second-order valence-corrected chi connectivity index (χ2v) is 12.2. The number of ether oxygens (including phenoxy) is 2. The summed E-state index contributed by atoms with van der Waals surface area (Å²) in [7, 11) is 1.51. The van der Waals surface area contributed by atoms with Crippen molar-refractivity contribution in [2.45, 2.75) is 97.0 Å². The summed E-state index contributed by atoms with van der Waals surface area (Å²) in [6.45, 7) is 8.74. The summed E-state index contributed by atoms with van der Waals surface area (Å²) < 4.78 is 10.8. The van der Waals surface area contributed by atoms with Gasteiger partial charge in [-0.25, -0.2) is 0 Å². The highest BCUT2D eigenvalue weighted by molar-refractivity contribution is 5.69. The summed E-state index contributed by atoms with van der Waals surface area (Å²) in [6, 6.07) is 0. The molecule has 5 rings (SSSR count). The molecule has 0 radical (unpaired) electrons. The minimum atomic E-state index is -0.0405. The van der Waals surface area contributed by atoms with Gasteiger partial charge < -0.3 is 9.47 Å². The number of epoxide rings is 1. The third-order valence-corrected chi connectivity index (χ3v) is 11.1. The highest BCUT2D eigenvalue weighted by Gasteiger charge is 2.63. The average molecular weight is 403 g/mol. The van der Waals surface area contributed by atoms with Crippen LogP contribution in [0.15, 0.2) is 0 Å².